The molecule has 0 radical (unpaired) electrons. The average molecular weight is 244 g/mol. The van der Waals surface area contributed by atoms with E-state index in [4.69, 9.17) is 0 Å². The fourth-order valence-corrected chi connectivity index (χ4v) is 1.75. The van der Waals surface area contributed by atoms with E-state index in [0.717, 1.165) is 36.0 Å². The zero-order valence-electron chi connectivity index (χ0n) is 11.2. The van der Waals surface area contributed by atoms with Crippen molar-refractivity contribution in [3.8, 4) is 11.5 Å². The van der Waals surface area contributed by atoms with Gasteiger partial charge in [-0.25, -0.2) is 9.97 Å². The summed E-state index contributed by atoms with van der Waals surface area (Å²) in [4.78, 5) is 12.1. The lowest BCUT2D eigenvalue weighted by Gasteiger charge is -2.05. The standard InChI is InChI=1S/C14H20N4/c1-10(2)7-15-8-12-9-16-14(18-12)13-6-4-5-11(3)17-13/h4-6,9-10,15H,7-8H2,1-3H3,(H,16,18). The maximum Gasteiger partial charge on any atom is 0.156 e. The number of nitrogens with one attached hydrogen (secondary N) is 2. The molecule has 0 saturated heterocycles. The fourth-order valence-electron chi connectivity index (χ4n) is 1.75. The highest BCUT2D eigenvalue weighted by Gasteiger charge is 2.04. The molecule has 0 saturated carbocycles. The van der Waals surface area contributed by atoms with Gasteiger partial charge in [0.25, 0.3) is 0 Å². The van der Waals surface area contributed by atoms with Gasteiger partial charge in [-0.2, -0.15) is 0 Å². The van der Waals surface area contributed by atoms with Crippen LogP contribution in [0.2, 0.25) is 0 Å². The number of aromatic amines is 1. The maximum atomic E-state index is 4.45. The van der Waals surface area contributed by atoms with Gasteiger partial charge in [0.2, 0.25) is 0 Å². The largest absolute Gasteiger partial charge is 0.339 e. The van der Waals surface area contributed by atoms with Crippen LogP contribution in [-0.4, -0.2) is 21.5 Å². The van der Waals surface area contributed by atoms with Crippen molar-refractivity contribution < 1.29 is 0 Å². The Balaban J connectivity index is 2.02. The van der Waals surface area contributed by atoms with Crippen LogP contribution in [-0.2, 0) is 6.54 Å². The molecule has 0 unspecified atom stereocenters. The van der Waals surface area contributed by atoms with Crippen LogP contribution >= 0.6 is 0 Å². The van der Waals surface area contributed by atoms with Crippen molar-refractivity contribution in [3.63, 3.8) is 0 Å². The molecule has 0 bridgehead atoms. The first kappa shape index (κ1) is 12.8. The number of pyridine rings is 1. The molecule has 0 aliphatic heterocycles. The Labute approximate surface area is 108 Å². The van der Waals surface area contributed by atoms with E-state index in [0.29, 0.717) is 5.92 Å². The molecule has 4 nitrogen and oxygen atoms in total. The lowest BCUT2D eigenvalue weighted by atomic mass is 10.2. The second-order valence-corrected chi connectivity index (χ2v) is 4.95. The van der Waals surface area contributed by atoms with E-state index >= 15 is 0 Å². The summed E-state index contributed by atoms with van der Waals surface area (Å²) in [7, 11) is 0. The Morgan fingerprint density at radius 1 is 1.33 bits per heavy atom. The van der Waals surface area contributed by atoms with E-state index < -0.39 is 0 Å². The van der Waals surface area contributed by atoms with Crippen molar-refractivity contribution in [3.05, 3.63) is 35.8 Å². The van der Waals surface area contributed by atoms with Crippen LogP contribution in [0, 0.1) is 12.8 Å². The summed E-state index contributed by atoms with van der Waals surface area (Å²) in [6, 6.07) is 5.95. The number of H-pyrrole nitrogens is 1. The topological polar surface area (TPSA) is 53.6 Å². The van der Waals surface area contributed by atoms with Crippen LogP contribution in [0.4, 0.5) is 0 Å². The molecule has 0 atom stereocenters. The van der Waals surface area contributed by atoms with Crippen molar-refractivity contribution in [1.82, 2.24) is 20.3 Å². The predicted octanol–water partition coefficient (Wildman–Crippen LogP) is 2.53. The first-order valence-electron chi connectivity index (χ1n) is 6.34. The Morgan fingerprint density at radius 2 is 2.17 bits per heavy atom. The number of hydrogen-bond donors (Lipinski definition) is 2. The molecule has 0 spiro atoms. The van der Waals surface area contributed by atoms with Crippen molar-refractivity contribution >= 4 is 0 Å². The van der Waals surface area contributed by atoms with Crippen LogP contribution in [0.15, 0.2) is 24.4 Å². The first-order valence-corrected chi connectivity index (χ1v) is 6.34. The van der Waals surface area contributed by atoms with Crippen LogP contribution in [0.1, 0.15) is 25.2 Å². The molecule has 4 heteroatoms. The van der Waals surface area contributed by atoms with Gasteiger partial charge in [0, 0.05) is 17.9 Å². The van der Waals surface area contributed by atoms with Gasteiger partial charge in [-0.15, -0.1) is 0 Å². The van der Waals surface area contributed by atoms with E-state index in [9.17, 15) is 0 Å². The number of rotatable bonds is 5. The number of nitrogens with zero attached hydrogens (tertiary/aromatic N) is 2. The summed E-state index contributed by atoms with van der Waals surface area (Å²) < 4.78 is 0. The minimum atomic E-state index is 0.658. The number of aryl methyl sites for hydroxylation is 1. The Bertz CT molecular complexity index is 502. The minimum absolute atomic E-state index is 0.658. The van der Waals surface area contributed by atoms with Gasteiger partial charge in [-0.05, 0) is 31.5 Å². The number of imidazole rings is 1. The lowest BCUT2D eigenvalue weighted by Crippen LogP contribution is -2.19. The molecule has 0 aromatic carbocycles. The molecule has 18 heavy (non-hydrogen) atoms. The van der Waals surface area contributed by atoms with E-state index in [1.54, 1.807) is 0 Å². The van der Waals surface area contributed by atoms with Crippen LogP contribution in [0.3, 0.4) is 0 Å². The van der Waals surface area contributed by atoms with Crippen molar-refractivity contribution in [2.75, 3.05) is 6.54 Å². The molecule has 2 aromatic rings. The van der Waals surface area contributed by atoms with Crippen molar-refractivity contribution in [2.45, 2.75) is 27.3 Å². The predicted molar refractivity (Wildman–Crippen MR) is 73.1 cm³/mol. The van der Waals surface area contributed by atoms with Crippen LogP contribution < -0.4 is 5.32 Å². The third-order valence-electron chi connectivity index (χ3n) is 2.63. The Morgan fingerprint density at radius 3 is 2.89 bits per heavy atom. The highest BCUT2D eigenvalue weighted by molar-refractivity contribution is 5.49. The zero-order valence-corrected chi connectivity index (χ0v) is 11.2. The summed E-state index contributed by atoms with van der Waals surface area (Å²) in [6.07, 6.45) is 1.87. The van der Waals surface area contributed by atoms with E-state index in [-0.39, 0.29) is 0 Å². The monoisotopic (exact) mass is 244 g/mol. The molecule has 96 valence electrons. The van der Waals surface area contributed by atoms with Gasteiger partial charge in [-0.1, -0.05) is 19.9 Å². The third-order valence-corrected chi connectivity index (χ3v) is 2.63. The van der Waals surface area contributed by atoms with E-state index in [2.05, 4.69) is 34.1 Å². The normalized spacial score (nSPS) is 11.1. The molecule has 0 aliphatic rings. The SMILES string of the molecule is Cc1cccc(-c2ncc(CNCC(C)C)[nH]2)n1. The molecule has 2 rings (SSSR count). The highest BCUT2D eigenvalue weighted by Crippen LogP contribution is 2.13. The molecule has 0 aliphatic carbocycles. The molecule has 0 fully saturated rings. The van der Waals surface area contributed by atoms with Crippen LogP contribution in [0.25, 0.3) is 11.5 Å². The second kappa shape index (κ2) is 5.78. The van der Waals surface area contributed by atoms with Gasteiger partial charge in [0.15, 0.2) is 5.82 Å². The average Bonchev–Trinajstić information content (AvgIpc) is 2.77. The van der Waals surface area contributed by atoms with Crippen molar-refractivity contribution in [1.29, 1.82) is 0 Å². The lowest BCUT2D eigenvalue weighted by molar-refractivity contribution is 0.549. The number of hydrogen-bond acceptors (Lipinski definition) is 3. The molecular formula is C14H20N4. The van der Waals surface area contributed by atoms with Crippen molar-refractivity contribution in [2.24, 2.45) is 5.92 Å². The molecular weight excluding hydrogens is 224 g/mol. The summed E-state index contributed by atoms with van der Waals surface area (Å²) >= 11 is 0. The van der Waals surface area contributed by atoms with Crippen LogP contribution in [0.5, 0.6) is 0 Å². The van der Waals surface area contributed by atoms with E-state index in [1.807, 2.05) is 31.3 Å². The fraction of sp³-hybridized carbons (Fsp3) is 0.429. The zero-order chi connectivity index (χ0) is 13.0. The van der Waals surface area contributed by atoms with Gasteiger partial charge in [0.1, 0.15) is 5.69 Å². The summed E-state index contributed by atoms with van der Waals surface area (Å²) in [5.74, 6) is 1.49. The van der Waals surface area contributed by atoms with Gasteiger partial charge in [0.05, 0.1) is 6.20 Å². The second-order valence-electron chi connectivity index (χ2n) is 4.95. The van der Waals surface area contributed by atoms with Gasteiger partial charge >= 0.3 is 0 Å². The minimum Gasteiger partial charge on any atom is -0.339 e. The molecule has 2 N–H and O–H groups in total. The maximum absolute atomic E-state index is 4.45. The first-order chi connectivity index (χ1) is 8.65. The molecule has 0 amide bonds. The summed E-state index contributed by atoms with van der Waals surface area (Å²) in [5.41, 5.74) is 2.99. The van der Waals surface area contributed by atoms with E-state index in [1.165, 1.54) is 0 Å². The third kappa shape index (κ3) is 3.40. The highest BCUT2D eigenvalue weighted by atomic mass is 15.0. The Hall–Kier alpha value is -1.68. The quantitative estimate of drug-likeness (QED) is 0.849. The summed E-state index contributed by atoms with van der Waals surface area (Å²) in [6.45, 7) is 8.20. The van der Waals surface area contributed by atoms with Gasteiger partial charge < -0.3 is 10.3 Å². The Kier molecular flexibility index (Phi) is 4.10. The van der Waals surface area contributed by atoms with Gasteiger partial charge in [-0.3, -0.25) is 0 Å². The smallest absolute Gasteiger partial charge is 0.156 e. The molecule has 2 aromatic heterocycles. The molecule has 2 heterocycles. The number of aromatic nitrogens is 3. The summed E-state index contributed by atoms with van der Waals surface area (Å²) in [5, 5.41) is 3.39.